The molecule has 0 spiro atoms. The van der Waals surface area contributed by atoms with Gasteiger partial charge in [-0.05, 0) is 54.9 Å². The average Bonchev–Trinajstić information content (AvgIpc) is 2.97. The normalized spacial score (nSPS) is 19.2. The molecule has 1 unspecified atom stereocenters. The highest BCUT2D eigenvalue weighted by atomic mass is 16.5. The molecule has 0 amide bonds. The molecule has 0 bridgehead atoms. The molecule has 1 aliphatic rings. The minimum atomic E-state index is 0.344. The van der Waals surface area contributed by atoms with Gasteiger partial charge in [0.1, 0.15) is 11.6 Å². The molecule has 1 fully saturated rings. The van der Waals surface area contributed by atoms with E-state index >= 15 is 0 Å². The van der Waals surface area contributed by atoms with E-state index in [1.807, 2.05) is 30.5 Å². The van der Waals surface area contributed by atoms with Crippen LogP contribution in [0.5, 0.6) is 5.75 Å². The van der Waals surface area contributed by atoms with Gasteiger partial charge in [-0.1, -0.05) is 46.5 Å². The summed E-state index contributed by atoms with van der Waals surface area (Å²) in [4.78, 5) is 4.73. The van der Waals surface area contributed by atoms with Gasteiger partial charge in [-0.2, -0.15) is 5.26 Å². The van der Waals surface area contributed by atoms with Crippen LogP contribution < -0.4 is 10.1 Å². The van der Waals surface area contributed by atoms with Gasteiger partial charge in [0.05, 0.1) is 6.61 Å². The van der Waals surface area contributed by atoms with Crippen molar-refractivity contribution >= 4 is 5.84 Å². The molecular formula is C22H33N3O. The molecule has 0 aromatic heterocycles. The van der Waals surface area contributed by atoms with Crippen LogP contribution in [-0.4, -0.2) is 19.0 Å². The van der Waals surface area contributed by atoms with E-state index in [-0.39, 0.29) is 0 Å². The van der Waals surface area contributed by atoms with Crippen molar-refractivity contribution in [2.75, 3.05) is 13.2 Å². The Bertz CT molecular complexity index is 613. The van der Waals surface area contributed by atoms with Crippen LogP contribution in [0, 0.1) is 22.8 Å². The smallest absolute Gasteiger partial charge is 0.182 e. The Kier molecular flexibility index (Phi) is 7.97. The maximum atomic E-state index is 9.07. The SMILES string of the molecule is CCCCCCOc1ccc(C(=NCC2CCCC2(C)C)NC#N)cc1. The lowest BCUT2D eigenvalue weighted by molar-refractivity contribution is 0.267. The van der Waals surface area contributed by atoms with Gasteiger partial charge in [-0.3, -0.25) is 10.3 Å². The van der Waals surface area contributed by atoms with Crippen molar-refractivity contribution in [1.82, 2.24) is 5.32 Å². The maximum absolute atomic E-state index is 9.07. The lowest BCUT2D eigenvalue weighted by Crippen LogP contribution is -2.24. The summed E-state index contributed by atoms with van der Waals surface area (Å²) in [7, 11) is 0. The number of hydrogen-bond acceptors (Lipinski definition) is 3. The summed E-state index contributed by atoms with van der Waals surface area (Å²) >= 11 is 0. The van der Waals surface area contributed by atoms with Crippen LogP contribution >= 0.6 is 0 Å². The van der Waals surface area contributed by atoms with Crippen LogP contribution in [0.3, 0.4) is 0 Å². The van der Waals surface area contributed by atoms with Crippen molar-refractivity contribution in [2.45, 2.75) is 65.7 Å². The number of nitrogens with zero attached hydrogens (tertiary/aromatic N) is 2. The first-order valence-electron chi connectivity index (χ1n) is 9.99. The predicted octanol–water partition coefficient (Wildman–Crippen LogP) is 5.29. The van der Waals surface area contributed by atoms with E-state index in [4.69, 9.17) is 15.0 Å². The minimum Gasteiger partial charge on any atom is -0.494 e. The zero-order chi connectivity index (χ0) is 18.8. The lowest BCUT2D eigenvalue weighted by atomic mass is 9.82. The van der Waals surface area contributed by atoms with Crippen molar-refractivity contribution in [3.63, 3.8) is 0 Å². The fraction of sp³-hybridized carbons (Fsp3) is 0.636. The molecule has 1 N–H and O–H groups in total. The van der Waals surface area contributed by atoms with Crippen LogP contribution in [0.4, 0.5) is 0 Å². The summed E-state index contributed by atoms with van der Waals surface area (Å²) in [6.45, 7) is 8.39. The first-order chi connectivity index (χ1) is 12.6. The molecule has 4 heteroatoms. The zero-order valence-electron chi connectivity index (χ0n) is 16.6. The van der Waals surface area contributed by atoms with E-state index in [0.29, 0.717) is 17.2 Å². The standard InChI is InChI=1S/C22H33N3O/c1-4-5-6-7-15-26-20-12-10-18(11-13-20)21(25-17-23)24-16-19-9-8-14-22(19,2)3/h10-13,19H,4-9,14-16H2,1-3H3,(H,24,25). The van der Waals surface area contributed by atoms with Crippen molar-refractivity contribution < 1.29 is 4.74 Å². The minimum absolute atomic E-state index is 0.344. The number of unbranched alkanes of at least 4 members (excludes halogenated alkanes) is 3. The van der Waals surface area contributed by atoms with Crippen LogP contribution in [0.2, 0.25) is 0 Å². The molecule has 26 heavy (non-hydrogen) atoms. The highest BCUT2D eigenvalue weighted by molar-refractivity contribution is 5.99. The Morgan fingerprint density at radius 1 is 1.27 bits per heavy atom. The van der Waals surface area contributed by atoms with Crippen molar-refractivity contribution in [2.24, 2.45) is 16.3 Å². The van der Waals surface area contributed by atoms with Crippen LogP contribution in [0.1, 0.15) is 71.3 Å². The van der Waals surface area contributed by atoms with Gasteiger partial charge in [0.25, 0.3) is 0 Å². The second-order valence-electron chi connectivity index (χ2n) is 7.94. The topological polar surface area (TPSA) is 57.4 Å². The molecule has 1 aromatic rings. The van der Waals surface area contributed by atoms with Gasteiger partial charge in [-0.15, -0.1) is 0 Å². The fourth-order valence-corrected chi connectivity index (χ4v) is 3.62. The van der Waals surface area contributed by atoms with E-state index in [2.05, 4.69) is 26.1 Å². The number of nitriles is 1. The van der Waals surface area contributed by atoms with Crippen LogP contribution in [0.15, 0.2) is 29.3 Å². The van der Waals surface area contributed by atoms with Gasteiger partial charge >= 0.3 is 0 Å². The third-order valence-electron chi connectivity index (χ3n) is 5.52. The van der Waals surface area contributed by atoms with Crippen LogP contribution in [0.25, 0.3) is 0 Å². The average molecular weight is 356 g/mol. The number of benzene rings is 1. The Morgan fingerprint density at radius 3 is 2.65 bits per heavy atom. The number of nitrogens with one attached hydrogen (secondary N) is 1. The van der Waals surface area contributed by atoms with Crippen molar-refractivity contribution in [1.29, 1.82) is 5.26 Å². The highest BCUT2D eigenvalue weighted by Gasteiger charge is 2.34. The monoisotopic (exact) mass is 355 g/mol. The molecule has 1 saturated carbocycles. The number of rotatable bonds is 9. The Hall–Kier alpha value is -2.02. The zero-order valence-corrected chi connectivity index (χ0v) is 16.6. The molecule has 1 atom stereocenters. The summed E-state index contributed by atoms with van der Waals surface area (Å²) in [6, 6.07) is 7.88. The second-order valence-corrected chi connectivity index (χ2v) is 7.94. The summed E-state index contributed by atoms with van der Waals surface area (Å²) < 4.78 is 5.79. The second kappa shape index (κ2) is 10.2. The fourth-order valence-electron chi connectivity index (χ4n) is 3.62. The first kappa shape index (κ1) is 20.3. The van der Waals surface area contributed by atoms with E-state index < -0.39 is 0 Å². The molecular weight excluding hydrogens is 322 g/mol. The summed E-state index contributed by atoms with van der Waals surface area (Å²) in [6.07, 6.45) is 10.6. The van der Waals surface area contributed by atoms with E-state index in [9.17, 15) is 0 Å². The van der Waals surface area contributed by atoms with E-state index in [1.54, 1.807) is 0 Å². The summed E-state index contributed by atoms with van der Waals surface area (Å²) in [5.74, 6) is 2.12. The van der Waals surface area contributed by atoms with Gasteiger partial charge in [0.2, 0.25) is 0 Å². The third kappa shape index (κ3) is 6.05. The number of amidine groups is 1. The molecule has 2 rings (SSSR count). The number of hydrogen-bond donors (Lipinski definition) is 1. The highest BCUT2D eigenvalue weighted by Crippen LogP contribution is 2.42. The van der Waals surface area contributed by atoms with Gasteiger partial charge in [0.15, 0.2) is 6.19 Å². The Balaban J connectivity index is 1.94. The molecule has 0 aliphatic heterocycles. The quantitative estimate of drug-likeness (QED) is 0.215. The third-order valence-corrected chi connectivity index (χ3v) is 5.52. The largest absolute Gasteiger partial charge is 0.494 e. The molecule has 0 saturated heterocycles. The van der Waals surface area contributed by atoms with Gasteiger partial charge in [0, 0.05) is 12.1 Å². The molecule has 1 aromatic carbocycles. The molecule has 4 nitrogen and oxygen atoms in total. The Morgan fingerprint density at radius 2 is 2.04 bits per heavy atom. The van der Waals surface area contributed by atoms with Gasteiger partial charge < -0.3 is 4.74 Å². The van der Waals surface area contributed by atoms with Crippen molar-refractivity contribution in [3.8, 4) is 11.9 Å². The molecule has 0 radical (unpaired) electrons. The Labute approximate surface area is 158 Å². The summed E-state index contributed by atoms with van der Waals surface area (Å²) in [5.41, 5.74) is 1.28. The number of aliphatic imine (C=N–C) groups is 1. The maximum Gasteiger partial charge on any atom is 0.182 e. The van der Waals surface area contributed by atoms with E-state index in [1.165, 1.54) is 38.5 Å². The molecule has 1 aliphatic carbocycles. The van der Waals surface area contributed by atoms with Crippen molar-refractivity contribution in [3.05, 3.63) is 29.8 Å². The summed E-state index contributed by atoms with van der Waals surface area (Å²) in [5, 5.41) is 11.8. The lowest BCUT2D eigenvalue weighted by Gasteiger charge is -2.25. The first-order valence-corrected chi connectivity index (χ1v) is 9.99. The predicted molar refractivity (Wildman–Crippen MR) is 107 cm³/mol. The molecule has 0 heterocycles. The number of ether oxygens (including phenoxy) is 1. The van der Waals surface area contributed by atoms with Gasteiger partial charge in [-0.25, -0.2) is 0 Å². The molecule has 142 valence electrons. The van der Waals surface area contributed by atoms with E-state index in [0.717, 1.165) is 30.9 Å². The van der Waals surface area contributed by atoms with Crippen LogP contribution in [-0.2, 0) is 0 Å².